The predicted molar refractivity (Wildman–Crippen MR) is 69.9 cm³/mol. The van der Waals surface area contributed by atoms with E-state index in [1.54, 1.807) is 6.92 Å². The lowest BCUT2D eigenvalue weighted by atomic mass is 9.98. The second-order valence-electron chi connectivity index (χ2n) is 4.19. The van der Waals surface area contributed by atoms with Crippen LogP contribution in [-0.2, 0) is 0 Å². The molecule has 0 bridgehead atoms. The molecule has 0 aliphatic rings. The van der Waals surface area contributed by atoms with Gasteiger partial charge < -0.3 is 9.84 Å². The van der Waals surface area contributed by atoms with Gasteiger partial charge in [0.05, 0.1) is 12.2 Å². The van der Waals surface area contributed by atoms with Crippen LogP contribution < -0.4 is 4.74 Å². The maximum atomic E-state index is 13.8. The first-order valence-electron chi connectivity index (χ1n) is 6.09. The average molecular weight is 296 g/mol. The quantitative estimate of drug-likeness (QED) is 0.871. The van der Waals surface area contributed by atoms with E-state index in [-0.39, 0.29) is 16.7 Å². The number of aromatic carboxylic acids is 1. The van der Waals surface area contributed by atoms with Crippen molar-refractivity contribution in [2.75, 3.05) is 6.61 Å². The van der Waals surface area contributed by atoms with Gasteiger partial charge in [-0.15, -0.1) is 0 Å². The second-order valence-corrected chi connectivity index (χ2v) is 4.19. The Kier molecular flexibility index (Phi) is 4.16. The predicted octanol–water partition coefficient (Wildman–Crippen LogP) is 3.87. The third-order valence-corrected chi connectivity index (χ3v) is 2.83. The van der Waals surface area contributed by atoms with Crippen molar-refractivity contribution in [2.45, 2.75) is 6.92 Å². The van der Waals surface area contributed by atoms with Gasteiger partial charge in [0.2, 0.25) is 0 Å². The third-order valence-electron chi connectivity index (χ3n) is 2.83. The van der Waals surface area contributed by atoms with Crippen LogP contribution in [0, 0.1) is 17.5 Å². The second kappa shape index (κ2) is 5.87. The van der Waals surface area contributed by atoms with Gasteiger partial charge in [0.25, 0.3) is 0 Å². The summed E-state index contributed by atoms with van der Waals surface area (Å²) in [5.74, 6) is -4.66. The van der Waals surface area contributed by atoms with Crippen LogP contribution in [0.2, 0.25) is 0 Å². The molecule has 0 spiro atoms. The van der Waals surface area contributed by atoms with Gasteiger partial charge in [0, 0.05) is 11.6 Å². The highest BCUT2D eigenvalue weighted by atomic mass is 19.2. The minimum absolute atomic E-state index is 0.0534. The van der Waals surface area contributed by atoms with E-state index in [9.17, 15) is 23.1 Å². The summed E-state index contributed by atoms with van der Waals surface area (Å²) in [4.78, 5) is 11.3. The summed E-state index contributed by atoms with van der Waals surface area (Å²) in [6.45, 7) is 2.06. The lowest BCUT2D eigenvalue weighted by Crippen LogP contribution is -2.03. The van der Waals surface area contributed by atoms with E-state index >= 15 is 0 Å². The monoisotopic (exact) mass is 296 g/mol. The van der Waals surface area contributed by atoms with Crippen LogP contribution in [0.4, 0.5) is 13.2 Å². The summed E-state index contributed by atoms with van der Waals surface area (Å²) in [5.41, 5.74) is -0.637. The molecule has 3 nitrogen and oxygen atoms in total. The van der Waals surface area contributed by atoms with Gasteiger partial charge in [0.1, 0.15) is 11.6 Å². The summed E-state index contributed by atoms with van der Waals surface area (Å²) in [6.07, 6.45) is 0. The molecule has 0 unspecified atom stereocenters. The van der Waals surface area contributed by atoms with E-state index in [1.165, 1.54) is 18.2 Å². The fourth-order valence-electron chi connectivity index (χ4n) is 1.92. The average Bonchev–Trinajstić information content (AvgIpc) is 2.43. The molecule has 2 aromatic carbocycles. The van der Waals surface area contributed by atoms with E-state index in [0.29, 0.717) is 24.5 Å². The molecule has 0 amide bonds. The normalized spacial score (nSPS) is 10.5. The van der Waals surface area contributed by atoms with Gasteiger partial charge in [-0.1, -0.05) is 0 Å². The Morgan fingerprint density at radius 2 is 1.71 bits per heavy atom. The van der Waals surface area contributed by atoms with Crippen molar-refractivity contribution in [3.63, 3.8) is 0 Å². The van der Waals surface area contributed by atoms with Gasteiger partial charge in [0.15, 0.2) is 11.6 Å². The molecule has 1 N–H and O–H groups in total. The lowest BCUT2D eigenvalue weighted by molar-refractivity contribution is 0.0697. The molecule has 110 valence electrons. The number of carboxylic acid groups (broad SMARTS) is 1. The first-order chi connectivity index (χ1) is 9.93. The van der Waals surface area contributed by atoms with Crippen LogP contribution in [0.5, 0.6) is 5.75 Å². The first-order valence-corrected chi connectivity index (χ1v) is 6.09. The van der Waals surface area contributed by atoms with Crippen molar-refractivity contribution in [1.29, 1.82) is 0 Å². The zero-order valence-corrected chi connectivity index (χ0v) is 11.0. The molecule has 0 aliphatic carbocycles. The van der Waals surface area contributed by atoms with Crippen LogP contribution in [0.15, 0.2) is 30.3 Å². The Morgan fingerprint density at radius 1 is 1.05 bits per heavy atom. The smallest absolute Gasteiger partial charge is 0.336 e. The van der Waals surface area contributed by atoms with Gasteiger partial charge >= 0.3 is 5.97 Å². The minimum Gasteiger partial charge on any atom is -0.494 e. The van der Waals surface area contributed by atoms with Crippen molar-refractivity contribution < 1.29 is 27.8 Å². The molecule has 21 heavy (non-hydrogen) atoms. The number of hydrogen-bond acceptors (Lipinski definition) is 2. The SMILES string of the molecule is CCOc1ccc(-c2cc(F)c(F)cc2F)c(C(=O)O)c1. The highest BCUT2D eigenvalue weighted by molar-refractivity contribution is 5.96. The maximum absolute atomic E-state index is 13.8. The molecule has 0 aliphatic heterocycles. The summed E-state index contributed by atoms with van der Waals surface area (Å²) >= 11 is 0. The Labute approximate surface area is 118 Å². The fourth-order valence-corrected chi connectivity index (χ4v) is 1.92. The van der Waals surface area contributed by atoms with Crippen molar-refractivity contribution in [3.05, 3.63) is 53.3 Å². The van der Waals surface area contributed by atoms with E-state index in [1.807, 2.05) is 0 Å². The standard InChI is InChI=1S/C15H11F3O3/c1-2-21-8-3-4-9(11(5-8)15(19)20)10-6-13(17)14(18)7-12(10)16/h3-7H,2H2,1H3,(H,19,20). The summed E-state index contributed by atoms with van der Waals surface area (Å²) in [5, 5.41) is 9.19. The Morgan fingerprint density at radius 3 is 2.33 bits per heavy atom. The van der Waals surface area contributed by atoms with E-state index < -0.39 is 23.4 Å². The number of benzene rings is 2. The summed E-state index contributed by atoms with van der Waals surface area (Å²) < 4.78 is 45.2. The van der Waals surface area contributed by atoms with Gasteiger partial charge in [-0.05, 0) is 36.8 Å². The van der Waals surface area contributed by atoms with Crippen LogP contribution >= 0.6 is 0 Å². The molecule has 0 saturated heterocycles. The molecule has 6 heteroatoms. The van der Waals surface area contributed by atoms with Crippen molar-refractivity contribution in [2.24, 2.45) is 0 Å². The van der Waals surface area contributed by atoms with Crippen molar-refractivity contribution in [1.82, 2.24) is 0 Å². The van der Waals surface area contributed by atoms with Crippen LogP contribution in [0.25, 0.3) is 11.1 Å². The highest BCUT2D eigenvalue weighted by Crippen LogP contribution is 2.31. The minimum atomic E-state index is -1.33. The molecule has 0 heterocycles. The largest absolute Gasteiger partial charge is 0.494 e. The fraction of sp³-hybridized carbons (Fsp3) is 0.133. The third kappa shape index (κ3) is 2.99. The molecule has 2 aromatic rings. The van der Waals surface area contributed by atoms with Crippen LogP contribution in [-0.4, -0.2) is 17.7 Å². The summed E-state index contributed by atoms with van der Waals surface area (Å²) in [7, 11) is 0. The Hall–Kier alpha value is -2.50. The maximum Gasteiger partial charge on any atom is 0.336 e. The van der Waals surface area contributed by atoms with Gasteiger partial charge in [-0.25, -0.2) is 18.0 Å². The molecule has 0 atom stereocenters. The van der Waals surface area contributed by atoms with Crippen molar-refractivity contribution in [3.8, 4) is 16.9 Å². The zero-order chi connectivity index (χ0) is 15.6. The number of carbonyl (C=O) groups is 1. The summed E-state index contributed by atoms with van der Waals surface area (Å²) in [6, 6.07) is 4.96. The van der Waals surface area contributed by atoms with Crippen LogP contribution in [0.1, 0.15) is 17.3 Å². The van der Waals surface area contributed by atoms with E-state index in [0.717, 1.165) is 0 Å². The molecule has 0 fully saturated rings. The molecule has 2 rings (SSSR count). The number of hydrogen-bond donors (Lipinski definition) is 1. The lowest BCUT2D eigenvalue weighted by Gasteiger charge is -2.11. The van der Waals surface area contributed by atoms with Crippen LogP contribution in [0.3, 0.4) is 0 Å². The van der Waals surface area contributed by atoms with Crippen molar-refractivity contribution >= 4 is 5.97 Å². The topological polar surface area (TPSA) is 46.5 Å². The Balaban J connectivity index is 2.63. The van der Waals surface area contributed by atoms with Gasteiger partial charge in [-0.3, -0.25) is 0 Å². The van der Waals surface area contributed by atoms with E-state index in [2.05, 4.69) is 0 Å². The molecule has 0 saturated carbocycles. The number of carboxylic acids is 1. The van der Waals surface area contributed by atoms with Gasteiger partial charge in [-0.2, -0.15) is 0 Å². The molecule has 0 aromatic heterocycles. The first kappa shape index (κ1) is 14.9. The molecule has 0 radical (unpaired) electrons. The number of ether oxygens (including phenoxy) is 1. The number of halogens is 3. The molecular weight excluding hydrogens is 285 g/mol. The van der Waals surface area contributed by atoms with E-state index in [4.69, 9.17) is 4.74 Å². The zero-order valence-electron chi connectivity index (χ0n) is 11.0. The Bertz CT molecular complexity index is 699. The highest BCUT2D eigenvalue weighted by Gasteiger charge is 2.18. The number of rotatable bonds is 4. The molecular formula is C15H11F3O3.